The van der Waals surface area contributed by atoms with Gasteiger partial charge in [-0.05, 0) is 36.8 Å². The topological polar surface area (TPSA) is 63.9 Å². The Morgan fingerprint density at radius 2 is 1.81 bits per heavy atom. The number of hydrogen-bond acceptors (Lipinski definition) is 4. The third-order valence-corrected chi connectivity index (χ3v) is 4.78. The first-order valence-corrected chi connectivity index (χ1v) is 8.71. The maximum absolute atomic E-state index is 12.9. The molecule has 1 amide bonds. The highest BCUT2D eigenvalue weighted by atomic mass is 16.2. The van der Waals surface area contributed by atoms with Crippen molar-refractivity contribution in [2.75, 3.05) is 7.05 Å². The monoisotopic (exact) mass is 357 g/mol. The van der Waals surface area contributed by atoms with Gasteiger partial charge in [-0.25, -0.2) is 14.6 Å². The lowest BCUT2D eigenvalue weighted by Crippen LogP contribution is -2.30. The number of carbonyl (C=O) groups is 1. The number of hydrogen-bond donors (Lipinski definition) is 0. The molecule has 2 aromatic carbocycles. The molecule has 0 saturated heterocycles. The zero-order valence-electron chi connectivity index (χ0n) is 15.1. The second kappa shape index (κ2) is 6.99. The van der Waals surface area contributed by atoms with Crippen LogP contribution in [-0.2, 0) is 0 Å². The lowest BCUT2D eigenvalue weighted by Gasteiger charge is -2.25. The molecule has 0 unspecified atom stereocenters. The maximum Gasteiger partial charge on any atom is 0.272 e. The lowest BCUT2D eigenvalue weighted by molar-refractivity contribution is 0.0737. The van der Waals surface area contributed by atoms with Crippen molar-refractivity contribution in [3.63, 3.8) is 0 Å². The Morgan fingerprint density at radius 3 is 2.56 bits per heavy atom. The minimum atomic E-state index is -0.103. The first-order valence-electron chi connectivity index (χ1n) is 8.71. The molecule has 0 aliphatic heterocycles. The molecule has 1 atom stereocenters. The lowest BCUT2D eigenvalue weighted by atomic mass is 10.1. The van der Waals surface area contributed by atoms with Crippen molar-refractivity contribution in [3.8, 4) is 5.69 Å². The maximum atomic E-state index is 12.9. The number of fused-ring (bicyclic) bond motifs is 1. The van der Waals surface area contributed by atoms with Crippen LogP contribution in [0.5, 0.6) is 0 Å². The quantitative estimate of drug-likeness (QED) is 0.559. The zero-order chi connectivity index (χ0) is 18.8. The van der Waals surface area contributed by atoms with Gasteiger partial charge in [-0.3, -0.25) is 4.79 Å². The first kappa shape index (κ1) is 16.9. The molecule has 27 heavy (non-hydrogen) atoms. The molecule has 4 rings (SSSR count). The average Bonchev–Trinajstić information content (AvgIpc) is 3.27. The number of benzene rings is 2. The van der Waals surface area contributed by atoms with Crippen LogP contribution in [0.25, 0.3) is 16.6 Å². The summed E-state index contributed by atoms with van der Waals surface area (Å²) in [5.41, 5.74) is 3.23. The molecule has 6 heteroatoms. The summed E-state index contributed by atoms with van der Waals surface area (Å²) in [6, 6.07) is 19.3. The van der Waals surface area contributed by atoms with Gasteiger partial charge in [0.2, 0.25) is 0 Å². The Balaban J connectivity index is 1.55. The van der Waals surface area contributed by atoms with Crippen LogP contribution >= 0.6 is 0 Å². The van der Waals surface area contributed by atoms with Crippen molar-refractivity contribution in [2.45, 2.75) is 13.0 Å². The van der Waals surface area contributed by atoms with Crippen molar-refractivity contribution < 1.29 is 4.79 Å². The van der Waals surface area contributed by atoms with Crippen molar-refractivity contribution in [1.29, 1.82) is 0 Å². The number of rotatable bonds is 4. The summed E-state index contributed by atoms with van der Waals surface area (Å²) >= 11 is 0. The van der Waals surface area contributed by atoms with Crippen LogP contribution in [0.2, 0.25) is 0 Å². The van der Waals surface area contributed by atoms with E-state index in [0.29, 0.717) is 5.69 Å². The fraction of sp³-hybridized carbons (Fsp3) is 0.143. The molecule has 134 valence electrons. The smallest absolute Gasteiger partial charge is 0.272 e. The van der Waals surface area contributed by atoms with Crippen LogP contribution in [0.15, 0.2) is 73.3 Å². The standard InChI is InChI=1S/C21H19N5O/c1-15(16-7-10-18(11-8-16)26-14-22-13-23-26)25(2)21(27)20-12-9-17-5-3-4-6-19(17)24-20/h3-15H,1-2H3/t15-/m1/s1. The largest absolute Gasteiger partial charge is 0.334 e. The van der Waals surface area contributed by atoms with Crippen LogP contribution in [0.3, 0.4) is 0 Å². The zero-order valence-corrected chi connectivity index (χ0v) is 15.1. The van der Waals surface area contributed by atoms with Crippen LogP contribution < -0.4 is 0 Å². The molecular weight excluding hydrogens is 338 g/mol. The fourth-order valence-corrected chi connectivity index (χ4v) is 3.01. The van der Waals surface area contributed by atoms with Gasteiger partial charge in [0.05, 0.1) is 17.2 Å². The third kappa shape index (κ3) is 3.29. The van der Waals surface area contributed by atoms with Crippen LogP contribution in [0.4, 0.5) is 0 Å². The molecule has 0 N–H and O–H groups in total. The molecule has 4 aromatic rings. The molecular formula is C21H19N5O. The number of nitrogens with zero attached hydrogens (tertiary/aromatic N) is 5. The average molecular weight is 357 g/mol. The Kier molecular flexibility index (Phi) is 4.38. The van der Waals surface area contributed by atoms with E-state index in [4.69, 9.17) is 0 Å². The summed E-state index contributed by atoms with van der Waals surface area (Å²) in [6.07, 6.45) is 3.15. The van der Waals surface area contributed by atoms with E-state index in [0.717, 1.165) is 22.2 Å². The van der Waals surface area contributed by atoms with E-state index in [1.54, 1.807) is 29.0 Å². The predicted octanol–water partition coefficient (Wildman–Crippen LogP) is 3.65. The summed E-state index contributed by atoms with van der Waals surface area (Å²) in [5, 5.41) is 5.14. The highest BCUT2D eigenvalue weighted by molar-refractivity contribution is 5.95. The van der Waals surface area contributed by atoms with Gasteiger partial charge in [0, 0.05) is 12.4 Å². The number of pyridine rings is 1. The SMILES string of the molecule is C[C@H](c1ccc(-n2cncn2)cc1)N(C)C(=O)c1ccc2ccccc2n1. The second-order valence-corrected chi connectivity index (χ2v) is 6.41. The highest BCUT2D eigenvalue weighted by Crippen LogP contribution is 2.22. The Bertz CT molecular complexity index is 1070. The molecule has 0 bridgehead atoms. The Hall–Kier alpha value is -3.54. The molecule has 0 radical (unpaired) electrons. The van der Waals surface area contributed by atoms with Crippen LogP contribution in [-0.4, -0.2) is 37.6 Å². The number of para-hydroxylation sites is 1. The summed E-state index contributed by atoms with van der Waals surface area (Å²) in [6.45, 7) is 2.00. The Labute approximate surface area is 157 Å². The molecule has 0 fully saturated rings. The van der Waals surface area contributed by atoms with Gasteiger partial charge in [-0.1, -0.05) is 36.4 Å². The molecule has 0 aliphatic carbocycles. The molecule has 0 aliphatic rings. The summed E-state index contributed by atoms with van der Waals surface area (Å²) in [4.78, 5) is 23.1. The molecule has 0 spiro atoms. The van der Waals surface area contributed by atoms with Crippen molar-refractivity contribution in [2.24, 2.45) is 0 Å². The van der Waals surface area contributed by atoms with Crippen molar-refractivity contribution >= 4 is 16.8 Å². The normalized spacial score (nSPS) is 12.1. The van der Waals surface area contributed by atoms with Crippen molar-refractivity contribution in [3.05, 3.63) is 84.6 Å². The van der Waals surface area contributed by atoms with E-state index in [2.05, 4.69) is 15.1 Å². The van der Waals surface area contributed by atoms with Gasteiger partial charge < -0.3 is 4.90 Å². The summed E-state index contributed by atoms with van der Waals surface area (Å²) < 4.78 is 1.70. The minimum Gasteiger partial charge on any atom is -0.334 e. The van der Waals surface area contributed by atoms with Gasteiger partial charge in [-0.15, -0.1) is 0 Å². The predicted molar refractivity (Wildman–Crippen MR) is 104 cm³/mol. The van der Waals surface area contributed by atoms with E-state index in [9.17, 15) is 4.79 Å². The van der Waals surface area contributed by atoms with E-state index >= 15 is 0 Å². The third-order valence-electron chi connectivity index (χ3n) is 4.78. The Morgan fingerprint density at radius 1 is 1.04 bits per heavy atom. The summed E-state index contributed by atoms with van der Waals surface area (Å²) in [5.74, 6) is -0.103. The van der Waals surface area contributed by atoms with Crippen molar-refractivity contribution in [1.82, 2.24) is 24.6 Å². The second-order valence-electron chi connectivity index (χ2n) is 6.41. The highest BCUT2D eigenvalue weighted by Gasteiger charge is 2.20. The fourth-order valence-electron chi connectivity index (χ4n) is 3.01. The first-order chi connectivity index (χ1) is 13.1. The molecule has 2 heterocycles. The van der Waals surface area contributed by atoms with E-state index < -0.39 is 0 Å². The van der Waals surface area contributed by atoms with Gasteiger partial charge in [0.25, 0.3) is 5.91 Å². The number of carbonyl (C=O) groups excluding carboxylic acids is 1. The molecule has 6 nitrogen and oxygen atoms in total. The van der Waals surface area contributed by atoms with Crippen LogP contribution in [0.1, 0.15) is 29.0 Å². The molecule has 0 saturated carbocycles. The van der Waals surface area contributed by atoms with Gasteiger partial charge in [0.15, 0.2) is 0 Å². The summed E-state index contributed by atoms with van der Waals surface area (Å²) in [7, 11) is 1.80. The molecule has 2 aromatic heterocycles. The van der Waals surface area contributed by atoms with Gasteiger partial charge in [-0.2, -0.15) is 5.10 Å². The minimum absolute atomic E-state index is 0.0874. The van der Waals surface area contributed by atoms with E-state index in [1.165, 1.54) is 6.33 Å². The van der Waals surface area contributed by atoms with Gasteiger partial charge >= 0.3 is 0 Å². The number of aromatic nitrogens is 4. The number of amides is 1. The van der Waals surface area contributed by atoms with E-state index in [1.807, 2.05) is 61.5 Å². The van der Waals surface area contributed by atoms with Crippen LogP contribution in [0, 0.1) is 0 Å². The van der Waals surface area contributed by atoms with E-state index in [-0.39, 0.29) is 11.9 Å². The van der Waals surface area contributed by atoms with Gasteiger partial charge in [0.1, 0.15) is 18.3 Å².